The van der Waals surface area contributed by atoms with Gasteiger partial charge in [0.1, 0.15) is 5.75 Å². The van der Waals surface area contributed by atoms with E-state index in [1.54, 1.807) is 7.11 Å². The molecule has 0 fully saturated rings. The summed E-state index contributed by atoms with van der Waals surface area (Å²) in [5.41, 5.74) is 2.31. The first kappa shape index (κ1) is 14.1. The van der Waals surface area contributed by atoms with Crippen LogP contribution in [-0.2, 0) is 11.3 Å². The Hall–Kier alpha value is -1.32. The van der Waals surface area contributed by atoms with E-state index in [0.717, 1.165) is 15.8 Å². The maximum Gasteiger partial charge on any atom is 0.133 e. The van der Waals surface area contributed by atoms with Crippen LogP contribution in [0.5, 0.6) is 5.75 Å². The minimum absolute atomic E-state index is 0.0853. The molecule has 0 radical (unpaired) electrons. The fraction of sp³-hybridized carbons (Fsp3) is 0.250. The highest BCUT2D eigenvalue weighted by molar-refractivity contribution is 9.10. The zero-order valence-corrected chi connectivity index (χ0v) is 12.7. The molecular weight excluding hydrogens is 304 g/mol. The SMILES string of the molecule is COc1ccc(COC(C)c2ccccc2)cc1Br. The van der Waals surface area contributed by atoms with Crippen molar-refractivity contribution in [2.75, 3.05) is 7.11 Å². The molecule has 0 spiro atoms. The van der Waals surface area contributed by atoms with Crippen LogP contribution in [0.1, 0.15) is 24.2 Å². The summed E-state index contributed by atoms with van der Waals surface area (Å²) in [6.07, 6.45) is 0.0853. The zero-order valence-electron chi connectivity index (χ0n) is 11.1. The first-order valence-electron chi connectivity index (χ1n) is 6.19. The van der Waals surface area contributed by atoms with Gasteiger partial charge in [0, 0.05) is 0 Å². The highest BCUT2D eigenvalue weighted by Crippen LogP contribution is 2.26. The van der Waals surface area contributed by atoms with Gasteiger partial charge in [-0.25, -0.2) is 0 Å². The molecule has 1 unspecified atom stereocenters. The van der Waals surface area contributed by atoms with Crippen LogP contribution in [0.2, 0.25) is 0 Å². The van der Waals surface area contributed by atoms with Gasteiger partial charge < -0.3 is 9.47 Å². The Morgan fingerprint density at radius 1 is 1.11 bits per heavy atom. The van der Waals surface area contributed by atoms with Gasteiger partial charge in [0.25, 0.3) is 0 Å². The third-order valence-corrected chi connectivity index (χ3v) is 3.60. The van der Waals surface area contributed by atoms with Gasteiger partial charge in [-0.3, -0.25) is 0 Å². The molecule has 0 aromatic heterocycles. The summed E-state index contributed by atoms with van der Waals surface area (Å²) in [6, 6.07) is 16.2. The quantitative estimate of drug-likeness (QED) is 0.792. The van der Waals surface area contributed by atoms with Gasteiger partial charge in [0.05, 0.1) is 24.3 Å². The van der Waals surface area contributed by atoms with E-state index in [1.165, 1.54) is 5.56 Å². The lowest BCUT2D eigenvalue weighted by molar-refractivity contribution is 0.0525. The first-order valence-corrected chi connectivity index (χ1v) is 6.99. The van der Waals surface area contributed by atoms with Crippen molar-refractivity contribution in [1.82, 2.24) is 0 Å². The molecule has 19 heavy (non-hydrogen) atoms. The molecule has 2 rings (SSSR count). The monoisotopic (exact) mass is 320 g/mol. The Balaban J connectivity index is 1.97. The van der Waals surface area contributed by atoms with Gasteiger partial charge in [-0.05, 0) is 46.1 Å². The van der Waals surface area contributed by atoms with Crippen molar-refractivity contribution in [3.63, 3.8) is 0 Å². The number of ether oxygens (including phenoxy) is 2. The molecule has 3 heteroatoms. The van der Waals surface area contributed by atoms with Gasteiger partial charge in [-0.2, -0.15) is 0 Å². The van der Waals surface area contributed by atoms with Crippen LogP contribution < -0.4 is 4.74 Å². The van der Waals surface area contributed by atoms with Gasteiger partial charge in [0.15, 0.2) is 0 Å². The maximum atomic E-state index is 5.88. The van der Waals surface area contributed by atoms with E-state index in [9.17, 15) is 0 Å². The summed E-state index contributed by atoms with van der Waals surface area (Å²) in [5, 5.41) is 0. The van der Waals surface area contributed by atoms with Crippen molar-refractivity contribution in [2.24, 2.45) is 0 Å². The molecule has 1 atom stereocenters. The van der Waals surface area contributed by atoms with Gasteiger partial charge in [-0.15, -0.1) is 0 Å². The third kappa shape index (κ3) is 3.82. The van der Waals surface area contributed by atoms with Crippen LogP contribution in [-0.4, -0.2) is 7.11 Å². The molecule has 2 aromatic rings. The first-order chi connectivity index (χ1) is 9.20. The van der Waals surface area contributed by atoms with Gasteiger partial charge in [-0.1, -0.05) is 36.4 Å². The number of hydrogen-bond acceptors (Lipinski definition) is 2. The van der Waals surface area contributed by atoms with E-state index in [-0.39, 0.29) is 6.10 Å². The minimum atomic E-state index is 0.0853. The maximum absolute atomic E-state index is 5.88. The van der Waals surface area contributed by atoms with Crippen LogP contribution in [0.3, 0.4) is 0 Å². The summed E-state index contributed by atoms with van der Waals surface area (Å²) in [6.45, 7) is 2.65. The minimum Gasteiger partial charge on any atom is -0.496 e. The second kappa shape index (κ2) is 6.73. The molecule has 0 heterocycles. The number of rotatable bonds is 5. The van der Waals surface area contributed by atoms with E-state index >= 15 is 0 Å². The molecule has 2 nitrogen and oxygen atoms in total. The van der Waals surface area contributed by atoms with Gasteiger partial charge in [0.2, 0.25) is 0 Å². The largest absolute Gasteiger partial charge is 0.496 e. The summed E-state index contributed by atoms with van der Waals surface area (Å²) in [5.74, 6) is 0.833. The van der Waals surface area contributed by atoms with E-state index in [0.29, 0.717) is 6.61 Å². The lowest BCUT2D eigenvalue weighted by Gasteiger charge is -2.14. The number of halogens is 1. The Kier molecular flexibility index (Phi) is 5.00. The Labute approximate surface area is 122 Å². The second-order valence-electron chi connectivity index (χ2n) is 4.33. The molecule has 0 bridgehead atoms. The van der Waals surface area contributed by atoms with Gasteiger partial charge >= 0.3 is 0 Å². The molecule has 0 N–H and O–H groups in total. The number of hydrogen-bond donors (Lipinski definition) is 0. The van der Waals surface area contributed by atoms with E-state index in [2.05, 4.69) is 35.0 Å². The Morgan fingerprint density at radius 2 is 1.84 bits per heavy atom. The van der Waals surface area contributed by atoms with Crippen molar-refractivity contribution in [3.05, 3.63) is 64.1 Å². The normalized spacial score (nSPS) is 12.2. The fourth-order valence-corrected chi connectivity index (χ4v) is 2.43. The highest BCUT2D eigenvalue weighted by Gasteiger charge is 2.06. The zero-order chi connectivity index (χ0) is 13.7. The fourth-order valence-electron chi connectivity index (χ4n) is 1.84. The summed E-state index contributed by atoms with van der Waals surface area (Å²) >= 11 is 3.48. The molecule has 0 aliphatic carbocycles. The van der Waals surface area contributed by atoms with E-state index in [4.69, 9.17) is 9.47 Å². The van der Waals surface area contributed by atoms with Crippen LogP contribution in [0.15, 0.2) is 53.0 Å². The topological polar surface area (TPSA) is 18.5 Å². The van der Waals surface area contributed by atoms with Crippen LogP contribution >= 0.6 is 15.9 Å². The predicted molar refractivity (Wildman–Crippen MR) is 80.3 cm³/mol. The molecule has 100 valence electrons. The van der Waals surface area contributed by atoms with Crippen molar-refractivity contribution in [3.8, 4) is 5.75 Å². The highest BCUT2D eigenvalue weighted by atomic mass is 79.9. The summed E-state index contributed by atoms with van der Waals surface area (Å²) in [4.78, 5) is 0. The molecule has 0 aliphatic rings. The van der Waals surface area contributed by atoms with Crippen LogP contribution in [0, 0.1) is 0 Å². The standard InChI is InChI=1S/C16H17BrO2/c1-12(14-6-4-3-5-7-14)19-11-13-8-9-16(18-2)15(17)10-13/h3-10,12H,11H2,1-2H3. The van der Waals surface area contributed by atoms with Crippen molar-refractivity contribution in [1.29, 1.82) is 0 Å². The smallest absolute Gasteiger partial charge is 0.133 e. The molecular formula is C16H17BrO2. The molecule has 0 saturated carbocycles. The molecule has 0 aliphatic heterocycles. The number of methoxy groups -OCH3 is 1. The lowest BCUT2D eigenvalue weighted by atomic mass is 10.1. The molecule has 2 aromatic carbocycles. The Bertz CT molecular complexity index is 526. The van der Waals surface area contributed by atoms with E-state index < -0.39 is 0 Å². The average molecular weight is 321 g/mol. The van der Waals surface area contributed by atoms with Crippen molar-refractivity contribution >= 4 is 15.9 Å². The van der Waals surface area contributed by atoms with E-state index in [1.807, 2.05) is 36.4 Å². The predicted octanol–water partition coefficient (Wildman–Crippen LogP) is 4.74. The average Bonchev–Trinajstić information content (AvgIpc) is 2.46. The second-order valence-corrected chi connectivity index (χ2v) is 5.19. The molecule has 0 amide bonds. The Morgan fingerprint density at radius 3 is 2.47 bits per heavy atom. The summed E-state index contributed by atoms with van der Waals surface area (Å²) in [7, 11) is 1.66. The van der Waals surface area contributed by atoms with Crippen LogP contribution in [0.4, 0.5) is 0 Å². The third-order valence-electron chi connectivity index (χ3n) is 2.99. The van der Waals surface area contributed by atoms with Crippen molar-refractivity contribution < 1.29 is 9.47 Å². The number of benzene rings is 2. The van der Waals surface area contributed by atoms with Crippen LogP contribution in [0.25, 0.3) is 0 Å². The lowest BCUT2D eigenvalue weighted by Crippen LogP contribution is -2.00. The molecule has 0 saturated heterocycles. The summed E-state index contributed by atoms with van der Waals surface area (Å²) < 4.78 is 12.0. The van der Waals surface area contributed by atoms with Crippen molar-refractivity contribution in [2.45, 2.75) is 19.6 Å².